The van der Waals surface area contributed by atoms with E-state index < -0.39 is 0 Å². The maximum absolute atomic E-state index is 5.56. The van der Waals surface area contributed by atoms with Gasteiger partial charge in [0.15, 0.2) is 0 Å². The summed E-state index contributed by atoms with van der Waals surface area (Å²) in [7, 11) is 1.77. The molecule has 0 bridgehead atoms. The van der Waals surface area contributed by atoms with Crippen LogP contribution in [-0.4, -0.2) is 19.7 Å². The third kappa shape index (κ3) is 4.52. The molecule has 0 spiro atoms. The maximum atomic E-state index is 5.56. The van der Waals surface area contributed by atoms with Gasteiger partial charge in [-0.3, -0.25) is 0 Å². The number of methoxy groups -OCH3 is 1. The third-order valence-electron chi connectivity index (χ3n) is 3.98. The van der Waals surface area contributed by atoms with Gasteiger partial charge < -0.3 is 10.1 Å². The average Bonchev–Trinajstić information content (AvgIpc) is 2.34. The summed E-state index contributed by atoms with van der Waals surface area (Å²) >= 11 is 0. The summed E-state index contributed by atoms with van der Waals surface area (Å²) in [5.41, 5.74) is 4.24. The fourth-order valence-corrected chi connectivity index (χ4v) is 2.84. The van der Waals surface area contributed by atoms with Gasteiger partial charge in [0, 0.05) is 6.04 Å². The monoisotopic (exact) mass is 277 g/mol. The molecule has 0 amide bonds. The lowest BCUT2D eigenvalue weighted by molar-refractivity contribution is 0.257. The zero-order chi connectivity index (χ0) is 15.3. The van der Waals surface area contributed by atoms with Crippen LogP contribution in [0.15, 0.2) is 12.1 Å². The van der Waals surface area contributed by atoms with Crippen molar-refractivity contribution in [1.82, 2.24) is 5.32 Å². The number of benzene rings is 1. The summed E-state index contributed by atoms with van der Waals surface area (Å²) in [6, 6.07) is 4.91. The lowest BCUT2D eigenvalue weighted by atomic mass is 9.82. The molecule has 1 rings (SSSR count). The molecule has 20 heavy (non-hydrogen) atoms. The molecule has 0 aliphatic rings. The molecule has 114 valence electrons. The molecule has 0 radical (unpaired) electrons. The number of hydrogen-bond acceptors (Lipinski definition) is 2. The Kier molecular flexibility index (Phi) is 6.07. The molecule has 1 unspecified atom stereocenters. The van der Waals surface area contributed by atoms with E-state index in [1.165, 1.54) is 16.7 Å². The van der Waals surface area contributed by atoms with Gasteiger partial charge in [0.25, 0.3) is 0 Å². The van der Waals surface area contributed by atoms with Crippen LogP contribution in [0, 0.1) is 19.3 Å². The molecule has 1 aromatic rings. The highest BCUT2D eigenvalue weighted by molar-refractivity contribution is 5.43. The molecule has 0 aliphatic carbocycles. The minimum atomic E-state index is 0.280. The van der Waals surface area contributed by atoms with Crippen molar-refractivity contribution in [2.75, 3.05) is 13.7 Å². The minimum absolute atomic E-state index is 0.280. The fraction of sp³-hybridized carbons (Fsp3) is 0.667. The standard InChI is InChI=1S/C18H31NO/c1-8-19-17(18(4,5)6)10-9-15-14(3)11-13(2)12-16(15)20-7/h11-12,17,19H,8-10H2,1-7H3. The van der Waals surface area contributed by atoms with E-state index in [0.29, 0.717) is 6.04 Å². The van der Waals surface area contributed by atoms with E-state index in [-0.39, 0.29) is 5.41 Å². The summed E-state index contributed by atoms with van der Waals surface area (Å²) in [5, 5.41) is 3.62. The zero-order valence-corrected chi connectivity index (χ0v) is 14.3. The van der Waals surface area contributed by atoms with Gasteiger partial charge in [-0.05, 0) is 61.4 Å². The summed E-state index contributed by atoms with van der Waals surface area (Å²) in [6.07, 6.45) is 2.20. The van der Waals surface area contributed by atoms with Crippen LogP contribution >= 0.6 is 0 Å². The van der Waals surface area contributed by atoms with Crippen LogP contribution in [0.3, 0.4) is 0 Å². The van der Waals surface area contributed by atoms with Crippen LogP contribution < -0.4 is 10.1 Å². The number of hydrogen-bond donors (Lipinski definition) is 1. The topological polar surface area (TPSA) is 21.3 Å². The molecule has 1 aromatic carbocycles. The van der Waals surface area contributed by atoms with Crippen molar-refractivity contribution in [2.24, 2.45) is 5.41 Å². The Labute approximate surface area is 124 Å². The smallest absolute Gasteiger partial charge is 0.122 e. The predicted molar refractivity (Wildman–Crippen MR) is 87.7 cm³/mol. The number of rotatable bonds is 6. The Morgan fingerprint density at radius 3 is 2.35 bits per heavy atom. The molecule has 0 saturated heterocycles. The van der Waals surface area contributed by atoms with Crippen LogP contribution in [0.25, 0.3) is 0 Å². The first-order valence-corrected chi connectivity index (χ1v) is 7.67. The van der Waals surface area contributed by atoms with Crippen molar-refractivity contribution in [2.45, 2.75) is 60.4 Å². The summed E-state index contributed by atoms with van der Waals surface area (Å²) in [5.74, 6) is 1.03. The first kappa shape index (κ1) is 17.0. The first-order valence-electron chi connectivity index (χ1n) is 7.67. The molecule has 0 saturated carbocycles. The Bertz CT molecular complexity index is 432. The van der Waals surface area contributed by atoms with E-state index >= 15 is 0 Å². The van der Waals surface area contributed by atoms with Crippen LogP contribution in [0.1, 0.15) is 50.8 Å². The van der Waals surface area contributed by atoms with Crippen molar-refractivity contribution < 1.29 is 4.74 Å². The van der Waals surface area contributed by atoms with Gasteiger partial charge in [-0.15, -0.1) is 0 Å². The van der Waals surface area contributed by atoms with Gasteiger partial charge in [0.1, 0.15) is 5.75 Å². The van der Waals surface area contributed by atoms with Gasteiger partial charge in [0.05, 0.1) is 7.11 Å². The molecular weight excluding hydrogens is 246 g/mol. The number of aryl methyl sites for hydroxylation is 2. The molecule has 1 atom stereocenters. The largest absolute Gasteiger partial charge is 0.496 e. The quantitative estimate of drug-likeness (QED) is 0.838. The second kappa shape index (κ2) is 7.12. The summed E-state index contributed by atoms with van der Waals surface area (Å²) in [4.78, 5) is 0. The first-order chi connectivity index (χ1) is 9.29. The van der Waals surface area contributed by atoms with Gasteiger partial charge in [-0.1, -0.05) is 33.8 Å². The van der Waals surface area contributed by atoms with Crippen LogP contribution in [0.2, 0.25) is 0 Å². The Hall–Kier alpha value is -1.02. The zero-order valence-electron chi connectivity index (χ0n) is 14.3. The van der Waals surface area contributed by atoms with E-state index in [1.54, 1.807) is 7.11 Å². The van der Waals surface area contributed by atoms with Crippen molar-refractivity contribution in [3.05, 3.63) is 28.8 Å². The molecule has 1 N–H and O–H groups in total. The molecule has 0 heterocycles. The Morgan fingerprint density at radius 1 is 1.20 bits per heavy atom. The minimum Gasteiger partial charge on any atom is -0.496 e. The Balaban J connectivity index is 2.88. The van der Waals surface area contributed by atoms with Crippen LogP contribution in [-0.2, 0) is 6.42 Å². The highest BCUT2D eigenvalue weighted by Gasteiger charge is 2.24. The van der Waals surface area contributed by atoms with Crippen molar-refractivity contribution >= 4 is 0 Å². The summed E-state index contributed by atoms with van der Waals surface area (Å²) in [6.45, 7) is 14.4. The molecule has 0 aliphatic heterocycles. The van der Waals surface area contributed by atoms with Gasteiger partial charge in [-0.2, -0.15) is 0 Å². The maximum Gasteiger partial charge on any atom is 0.122 e. The number of nitrogens with one attached hydrogen (secondary N) is 1. The average molecular weight is 277 g/mol. The van der Waals surface area contributed by atoms with Gasteiger partial charge in [-0.25, -0.2) is 0 Å². The third-order valence-corrected chi connectivity index (χ3v) is 3.98. The molecular formula is C18H31NO. The van der Waals surface area contributed by atoms with Gasteiger partial charge in [0.2, 0.25) is 0 Å². The molecule has 0 fully saturated rings. The normalized spacial score (nSPS) is 13.3. The molecule has 0 aromatic heterocycles. The van der Waals surface area contributed by atoms with E-state index in [1.807, 2.05) is 0 Å². The highest BCUT2D eigenvalue weighted by Crippen LogP contribution is 2.29. The van der Waals surface area contributed by atoms with E-state index in [0.717, 1.165) is 25.1 Å². The molecule has 2 nitrogen and oxygen atoms in total. The van der Waals surface area contributed by atoms with Crippen molar-refractivity contribution in [1.29, 1.82) is 0 Å². The SMILES string of the molecule is CCNC(CCc1c(C)cc(C)cc1OC)C(C)(C)C. The molecule has 2 heteroatoms. The van der Waals surface area contributed by atoms with Crippen molar-refractivity contribution in [3.8, 4) is 5.75 Å². The van der Waals surface area contributed by atoms with E-state index in [2.05, 4.69) is 59.0 Å². The second-order valence-corrected chi connectivity index (χ2v) is 6.78. The second-order valence-electron chi connectivity index (χ2n) is 6.78. The highest BCUT2D eigenvalue weighted by atomic mass is 16.5. The predicted octanol–water partition coefficient (Wildman–Crippen LogP) is 4.27. The van der Waals surface area contributed by atoms with Gasteiger partial charge >= 0.3 is 0 Å². The van der Waals surface area contributed by atoms with Crippen LogP contribution in [0.4, 0.5) is 0 Å². The summed E-state index contributed by atoms with van der Waals surface area (Å²) < 4.78 is 5.56. The lowest BCUT2D eigenvalue weighted by Crippen LogP contribution is -2.40. The Morgan fingerprint density at radius 2 is 1.85 bits per heavy atom. The lowest BCUT2D eigenvalue weighted by Gasteiger charge is -2.32. The van der Waals surface area contributed by atoms with E-state index in [9.17, 15) is 0 Å². The van der Waals surface area contributed by atoms with Crippen LogP contribution in [0.5, 0.6) is 5.75 Å². The van der Waals surface area contributed by atoms with E-state index in [4.69, 9.17) is 4.74 Å². The number of ether oxygens (including phenoxy) is 1. The fourth-order valence-electron chi connectivity index (χ4n) is 2.84. The van der Waals surface area contributed by atoms with Crippen molar-refractivity contribution in [3.63, 3.8) is 0 Å².